The molecule has 1 fully saturated rings. The topological polar surface area (TPSA) is 73.5 Å². The van der Waals surface area contributed by atoms with Crippen molar-refractivity contribution in [2.24, 2.45) is 0 Å². The first-order valence-electron chi connectivity index (χ1n) is 15.3. The fraction of sp³-hybridized carbons (Fsp3) is 0.243. The molecule has 6 heteroatoms. The Labute approximate surface area is 253 Å². The van der Waals surface area contributed by atoms with Gasteiger partial charge < -0.3 is 16.0 Å². The van der Waals surface area contributed by atoms with Crippen LogP contribution in [-0.4, -0.2) is 29.8 Å². The number of hydrogen-bond donors (Lipinski definition) is 3. The first-order valence-corrected chi connectivity index (χ1v) is 15.3. The van der Waals surface area contributed by atoms with Crippen molar-refractivity contribution in [3.8, 4) is 0 Å². The summed E-state index contributed by atoms with van der Waals surface area (Å²) in [5.41, 5.74) is 7.27. The number of anilines is 2. The summed E-state index contributed by atoms with van der Waals surface area (Å²) in [5.74, 6) is -0.365. The highest BCUT2D eigenvalue weighted by atomic mass is 16.2. The van der Waals surface area contributed by atoms with Gasteiger partial charge in [0.25, 0.3) is 11.8 Å². The molecule has 43 heavy (non-hydrogen) atoms. The zero-order valence-corrected chi connectivity index (χ0v) is 24.6. The molecule has 2 amide bonds. The summed E-state index contributed by atoms with van der Waals surface area (Å²) in [5, 5.41) is 9.79. The van der Waals surface area contributed by atoms with Crippen LogP contribution in [0.25, 0.3) is 11.3 Å². The Morgan fingerprint density at radius 1 is 0.837 bits per heavy atom. The van der Waals surface area contributed by atoms with E-state index < -0.39 is 0 Å². The Bertz CT molecular complexity index is 1630. The molecule has 0 aliphatic carbocycles. The van der Waals surface area contributed by atoms with Crippen LogP contribution < -0.4 is 16.0 Å². The van der Waals surface area contributed by atoms with Crippen molar-refractivity contribution in [2.75, 3.05) is 23.7 Å². The molecule has 0 unspecified atom stereocenters. The molecule has 218 valence electrons. The summed E-state index contributed by atoms with van der Waals surface area (Å²) in [6, 6.07) is 33.6. The predicted octanol–water partition coefficient (Wildman–Crippen LogP) is 7.49. The van der Waals surface area contributed by atoms with Crippen molar-refractivity contribution >= 4 is 34.5 Å². The molecule has 0 saturated carbocycles. The minimum Gasteiger partial charge on any atom is -0.354 e. The molecule has 2 aliphatic rings. The average molecular weight is 571 g/mol. The number of hydrogen-bond acceptors (Lipinski definition) is 4. The van der Waals surface area contributed by atoms with Gasteiger partial charge in [0.1, 0.15) is 0 Å². The maximum atomic E-state index is 13.5. The highest BCUT2D eigenvalue weighted by molar-refractivity contribution is 6.37. The summed E-state index contributed by atoms with van der Waals surface area (Å²) >= 11 is 0. The number of amides is 2. The fourth-order valence-electron chi connectivity index (χ4n) is 6.06. The Kier molecular flexibility index (Phi) is 8.66. The average Bonchev–Trinajstić information content (AvgIpc) is 3.38. The molecular weight excluding hydrogens is 532 g/mol. The summed E-state index contributed by atoms with van der Waals surface area (Å²) in [7, 11) is 0. The zero-order chi connectivity index (χ0) is 29.6. The van der Waals surface area contributed by atoms with Gasteiger partial charge in [-0.2, -0.15) is 0 Å². The molecule has 4 aromatic rings. The highest BCUT2D eigenvalue weighted by Gasteiger charge is 2.30. The zero-order valence-electron chi connectivity index (χ0n) is 24.6. The molecule has 4 aromatic carbocycles. The summed E-state index contributed by atoms with van der Waals surface area (Å²) in [6.45, 7) is 5.24. The number of carbonyl (C=O) groups excluding carboxylic acids is 2. The number of nitrogens with one attached hydrogen (secondary N) is 3. The third-order valence-electron chi connectivity index (χ3n) is 8.31. The van der Waals surface area contributed by atoms with Gasteiger partial charge in [-0.15, -0.1) is 0 Å². The Hall–Kier alpha value is -4.68. The van der Waals surface area contributed by atoms with Gasteiger partial charge in [-0.25, -0.2) is 0 Å². The van der Waals surface area contributed by atoms with Gasteiger partial charge in [-0.05, 0) is 79.4 Å². The van der Waals surface area contributed by atoms with Crippen molar-refractivity contribution in [2.45, 2.75) is 45.2 Å². The van der Waals surface area contributed by atoms with Crippen molar-refractivity contribution in [3.63, 3.8) is 0 Å². The van der Waals surface area contributed by atoms with Gasteiger partial charge in [0.05, 0.1) is 17.3 Å². The summed E-state index contributed by atoms with van der Waals surface area (Å²) < 4.78 is 0. The van der Waals surface area contributed by atoms with E-state index in [1.54, 1.807) is 6.07 Å². The van der Waals surface area contributed by atoms with E-state index in [1.165, 1.54) is 24.8 Å². The van der Waals surface area contributed by atoms with E-state index in [0.717, 1.165) is 42.9 Å². The second-order valence-corrected chi connectivity index (χ2v) is 11.3. The lowest BCUT2D eigenvalue weighted by Crippen LogP contribution is -2.29. The smallest absolute Gasteiger partial charge is 0.258 e. The van der Waals surface area contributed by atoms with Crippen molar-refractivity contribution in [1.82, 2.24) is 10.2 Å². The van der Waals surface area contributed by atoms with Crippen LogP contribution in [-0.2, 0) is 11.3 Å². The summed E-state index contributed by atoms with van der Waals surface area (Å²) in [6.07, 6.45) is 4.58. The van der Waals surface area contributed by atoms with E-state index in [2.05, 4.69) is 46.0 Å². The number of rotatable bonds is 9. The number of benzene rings is 4. The largest absolute Gasteiger partial charge is 0.354 e. The minimum atomic E-state index is -0.195. The van der Waals surface area contributed by atoms with Crippen LogP contribution in [0.1, 0.15) is 71.3 Å². The van der Waals surface area contributed by atoms with Crippen LogP contribution in [0.15, 0.2) is 103 Å². The number of fused-ring (bicyclic) bond motifs is 1. The van der Waals surface area contributed by atoms with Gasteiger partial charge in [0, 0.05) is 29.0 Å². The van der Waals surface area contributed by atoms with Gasteiger partial charge in [-0.3, -0.25) is 14.5 Å². The standard InChI is InChI=1S/C37H38N4O2/c1-2-32(27-14-6-3-7-15-27)39-36(42)29-19-20-33-31(24-29)34(37(43)40-33)35(28-16-8-4-9-17-28)38-30-18-12-13-26(23-30)25-41-21-10-5-11-22-41/h3-4,6-9,12-20,23-24,32,38H,2,5,10-11,21-22,25H2,1H3,(H,39,42)(H,40,43)/b35-34-/t32-/m1/s1. The normalized spacial score (nSPS) is 16.6. The molecule has 6 nitrogen and oxygen atoms in total. The third-order valence-corrected chi connectivity index (χ3v) is 8.31. The molecule has 0 aromatic heterocycles. The molecule has 0 spiro atoms. The van der Waals surface area contributed by atoms with Crippen LogP contribution >= 0.6 is 0 Å². The van der Waals surface area contributed by atoms with E-state index >= 15 is 0 Å². The lowest BCUT2D eigenvalue weighted by molar-refractivity contribution is -0.110. The monoisotopic (exact) mass is 570 g/mol. The highest BCUT2D eigenvalue weighted by Crippen LogP contribution is 2.38. The Morgan fingerprint density at radius 3 is 2.33 bits per heavy atom. The second kappa shape index (κ2) is 13.1. The molecule has 0 bridgehead atoms. The van der Waals surface area contributed by atoms with Gasteiger partial charge >= 0.3 is 0 Å². The Balaban J connectivity index is 1.34. The van der Waals surface area contributed by atoms with E-state index in [4.69, 9.17) is 0 Å². The minimum absolute atomic E-state index is 0.101. The predicted molar refractivity (Wildman–Crippen MR) is 174 cm³/mol. The molecule has 1 saturated heterocycles. The van der Waals surface area contributed by atoms with Gasteiger partial charge in [0.2, 0.25) is 0 Å². The molecule has 2 heterocycles. The second-order valence-electron chi connectivity index (χ2n) is 11.3. The maximum absolute atomic E-state index is 13.5. The number of carbonyl (C=O) groups is 2. The molecule has 0 radical (unpaired) electrons. The molecule has 2 aliphatic heterocycles. The number of nitrogens with zero attached hydrogens (tertiary/aromatic N) is 1. The fourth-order valence-corrected chi connectivity index (χ4v) is 6.06. The molecule has 1 atom stereocenters. The van der Waals surface area contributed by atoms with Crippen molar-refractivity contribution < 1.29 is 9.59 Å². The lowest BCUT2D eigenvalue weighted by atomic mass is 9.97. The van der Waals surface area contributed by atoms with Crippen LogP contribution in [0.4, 0.5) is 11.4 Å². The van der Waals surface area contributed by atoms with Crippen molar-refractivity contribution in [3.05, 3.63) is 131 Å². The van der Waals surface area contributed by atoms with Crippen LogP contribution in [0.3, 0.4) is 0 Å². The summed E-state index contributed by atoms with van der Waals surface area (Å²) in [4.78, 5) is 29.5. The van der Waals surface area contributed by atoms with Crippen LogP contribution in [0.2, 0.25) is 0 Å². The van der Waals surface area contributed by atoms with Crippen LogP contribution in [0, 0.1) is 0 Å². The maximum Gasteiger partial charge on any atom is 0.258 e. The lowest BCUT2D eigenvalue weighted by Gasteiger charge is -2.26. The van der Waals surface area contributed by atoms with E-state index in [-0.39, 0.29) is 17.9 Å². The first kappa shape index (κ1) is 28.4. The van der Waals surface area contributed by atoms with Crippen molar-refractivity contribution in [1.29, 1.82) is 0 Å². The number of piperidine rings is 1. The molecular formula is C37H38N4O2. The Morgan fingerprint density at radius 2 is 1.58 bits per heavy atom. The third kappa shape index (κ3) is 6.55. The molecule has 6 rings (SSSR count). The SMILES string of the molecule is CC[C@@H](NC(=O)c1ccc2c(c1)/C(=C(/Nc1cccc(CN3CCCCC3)c1)c1ccccc1)C(=O)N2)c1ccccc1. The van der Waals surface area contributed by atoms with E-state index in [9.17, 15) is 9.59 Å². The van der Waals surface area contributed by atoms with Crippen LogP contribution in [0.5, 0.6) is 0 Å². The van der Waals surface area contributed by atoms with E-state index in [1.807, 2.05) is 78.9 Å². The number of likely N-dealkylation sites (tertiary alicyclic amines) is 1. The quantitative estimate of drug-likeness (QED) is 0.182. The van der Waals surface area contributed by atoms with Gasteiger partial charge in [-0.1, -0.05) is 86.1 Å². The van der Waals surface area contributed by atoms with Gasteiger partial charge in [0.15, 0.2) is 0 Å². The first-order chi connectivity index (χ1) is 21.1. The van der Waals surface area contributed by atoms with E-state index in [0.29, 0.717) is 28.1 Å². The molecule has 3 N–H and O–H groups in total.